The molecule has 2 aliphatic rings. The second kappa shape index (κ2) is 5.38. The Labute approximate surface area is 130 Å². The maximum absolute atomic E-state index is 6.36. The van der Waals surface area contributed by atoms with E-state index in [1.54, 1.807) is 0 Å². The average Bonchev–Trinajstić information content (AvgIpc) is 3.11. The Hall–Kier alpha value is -0.900. The van der Waals surface area contributed by atoms with Crippen LogP contribution in [0, 0.1) is 11.8 Å². The number of hydrogen-bond donors (Lipinski definition) is 1. The van der Waals surface area contributed by atoms with Crippen LogP contribution in [0.15, 0.2) is 30.3 Å². The van der Waals surface area contributed by atoms with Crippen LogP contribution in [0.5, 0.6) is 0 Å². The highest BCUT2D eigenvalue weighted by atomic mass is 32.1. The third-order valence-corrected chi connectivity index (χ3v) is 6.87. The monoisotopic (exact) mass is 300 g/mol. The number of thiophene rings is 1. The van der Waals surface area contributed by atoms with Gasteiger partial charge in [0.1, 0.15) is 0 Å². The molecule has 0 amide bonds. The van der Waals surface area contributed by atoms with E-state index in [2.05, 4.69) is 42.2 Å². The molecule has 2 N–H and O–H groups in total. The van der Waals surface area contributed by atoms with Crippen molar-refractivity contribution in [3.63, 3.8) is 0 Å². The molecule has 4 unspecified atom stereocenters. The minimum absolute atomic E-state index is 0.434. The second-order valence-corrected chi connectivity index (χ2v) is 7.95. The first-order valence-corrected chi connectivity index (χ1v) is 9.02. The summed E-state index contributed by atoms with van der Waals surface area (Å²) in [6.45, 7) is 4.81. The van der Waals surface area contributed by atoms with Crippen LogP contribution in [0.4, 0.5) is 0 Å². The maximum Gasteiger partial charge on any atom is 0.0413 e. The van der Waals surface area contributed by atoms with Crippen LogP contribution in [0.2, 0.25) is 0 Å². The van der Waals surface area contributed by atoms with Crippen molar-refractivity contribution in [3.8, 4) is 0 Å². The number of fused-ring (bicyclic) bond motifs is 2. The molecule has 1 aliphatic carbocycles. The molecule has 2 nitrogen and oxygen atoms in total. The van der Waals surface area contributed by atoms with E-state index < -0.39 is 0 Å². The molecule has 112 valence electrons. The van der Waals surface area contributed by atoms with E-state index in [-0.39, 0.29) is 0 Å². The summed E-state index contributed by atoms with van der Waals surface area (Å²) < 4.78 is 1.41. The first-order valence-electron chi connectivity index (χ1n) is 8.20. The van der Waals surface area contributed by atoms with Gasteiger partial charge in [-0.15, -0.1) is 11.3 Å². The quantitative estimate of drug-likeness (QED) is 0.907. The zero-order chi connectivity index (χ0) is 14.4. The fourth-order valence-corrected chi connectivity index (χ4v) is 5.41. The summed E-state index contributed by atoms with van der Waals surface area (Å²) in [5, 5.41) is 1.39. The fraction of sp³-hybridized carbons (Fsp3) is 0.556. The van der Waals surface area contributed by atoms with E-state index in [0.29, 0.717) is 12.1 Å². The normalized spacial score (nSPS) is 31.4. The predicted octanol–water partition coefficient (Wildman–Crippen LogP) is 4.02. The standard InChI is InChI=1S/C18H24N2S/c1-12(18-9-13-5-2-3-8-17(13)21-18)20-10-14-6-4-7-16(19)15(14)11-20/h2-3,5,8-9,12,14-16H,4,6-7,10-11,19H2,1H3. The van der Waals surface area contributed by atoms with Gasteiger partial charge in [0.25, 0.3) is 0 Å². The Morgan fingerprint density at radius 1 is 1.24 bits per heavy atom. The van der Waals surface area contributed by atoms with Crippen molar-refractivity contribution in [2.24, 2.45) is 17.6 Å². The summed E-state index contributed by atoms with van der Waals surface area (Å²) in [6.07, 6.45) is 3.94. The van der Waals surface area contributed by atoms with Crippen molar-refractivity contribution in [3.05, 3.63) is 35.2 Å². The van der Waals surface area contributed by atoms with E-state index in [9.17, 15) is 0 Å². The third kappa shape index (κ3) is 2.41. The highest BCUT2D eigenvalue weighted by molar-refractivity contribution is 7.19. The molecule has 3 heteroatoms. The largest absolute Gasteiger partial charge is 0.327 e. The van der Waals surface area contributed by atoms with Crippen molar-refractivity contribution in [1.82, 2.24) is 4.90 Å². The number of rotatable bonds is 2. The van der Waals surface area contributed by atoms with E-state index in [0.717, 1.165) is 11.8 Å². The van der Waals surface area contributed by atoms with Crippen molar-refractivity contribution in [1.29, 1.82) is 0 Å². The molecule has 0 spiro atoms. The molecule has 0 radical (unpaired) electrons. The Morgan fingerprint density at radius 3 is 2.90 bits per heavy atom. The first kappa shape index (κ1) is 13.7. The lowest BCUT2D eigenvalue weighted by Crippen LogP contribution is -2.38. The van der Waals surface area contributed by atoms with Gasteiger partial charge in [-0.25, -0.2) is 0 Å². The molecule has 2 heterocycles. The summed E-state index contributed by atoms with van der Waals surface area (Å²) in [6, 6.07) is 12.1. The Morgan fingerprint density at radius 2 is 2.10 bits per heavy atom. The molecule has 1 aromatic carbocycles. The molecule has 2 fully saturated rings. The van der Waals surface area contributed by atoms with Crippen molar-refractivity contribution < 1.29 is 0 Å². The summed E-state index contributed by atoms with van der Waals surface area (Å²) >= 11 is 1.95. The Kier molecular flexibility index (Phi) is 3.52. The first-order chi connectivity index (χ1) is 10.2. The van der Waals surface area contributed by atoms with Gasteiger partial charge < -0.3 is 5.73 Å². The van der Waals surface area contributed by atoms with Crippen LogP contribution in [0.25, 0.3) is 10.1 Å². The van der Waals surface area contributed by atoms with Crippen molar-refractivity contribution in [2.45, 2.75) is 38.3 Å². The number of benzene rings is 1. The van der Waals surface area contributed by atoms with Crippen LogP contribution in [0.3, 0.4) is 0 Å². The molecule has 4 rings (SSSR count). The number of likely N-dealkylation sites (tertiary alicyclic amines) is 1. The zero-order valence-corrected chi connectivity index (χ0v) is 13.5. The van der Waals surface area contributed by atoms with Crippen molar-refractivity contribution >= 4 is 21.4 Å². The van der Waals surface area contributed by atoms with Gasteiger partial charge >= 0.3 is 0 Å². The smallest absolute Gasteiger partial charge is 0.0413 e. The SMILES string of the molecule is CC(c1cc2ccccc2s1)N1CC2CCCC(N)C2C1. The molecular weight excluding hydrogens is 276 g/mol. The lowest BCUT2D eigenvalue weighted by Gasteiger charge is -2.30. The van der Waals surface area contributed by atoms with Gasteiger partial charge in [0.2, 0.25) is 0 Å². The predicted molar refractivity (Wildman–Crippen MR) is 90.6 cm³/mol. The fourth-order valence-electron chi connectivity index (χ4n) is 4.26. The minimum atomic E-state index is 0.434. The molecule has 1 saturated carbocycles. The molecule has 4 atom stereocenters. The average molecular weight is 300 g/mol. The molecule has 1 aromatic heterocycles. The second-order valence-electron chi connectivity index (χ2n) is 6.84. The van der Waals surface area contributed by atoms with Gasteiger partial charge in [0.15, 0.2) is 0 Å². The Bertz CT molecular complexity index is 602. The topological polar surface area (TPSA) is 29.3 Å². The van der Waals surface area contributed by atoms with Crippen LogP contribution in [-0.4, -0.2) is 24.0 Å². The van der Waals surface area contributed by atoms with Gasteiger partial charge in [-0.1, -0.05) is 24.6 Å². The summed E-state index contributed by atoms with van der Waals surface area (Å²) in [7, 11) is 0. The maximum atomic E-state index is 6.36. The lowest BCUT2D eigenvalue weighted by molar-refractivity contribution is 0.248. The highest BCUT2D eigenvalue weighted by Crippen LogP contribution is 2.40. The minimum Gasteiger partial charge on any atom is -0.327 e. The van der Waals surface area contributed by atoms with E-state index in [1.807, 2.05) is 11.3 Å². The lowest BCUT2D eigenvalue weighted by atomic mass is 9.78. The highest BCUT2D eigenvalue weighted by Gasteiger charge is 2.40. The van der Waals surface area contributed by atoms with Crippen LogP contribution in [0.1, 0.15) is 37.1 Å². The van der Waals surface area contributed by atoms with E-state index >= 15 is 0 Å². The Balaban J connectivity index is 1.56. The van der Waals surface area contributed by atoms with Gasteiger partial charge in [0.05, 0.1) is 0 Å². The molecule has 21 heavy (non-hydrogen) atoms. The zero-order valence-electron chi connectivity index (χ0n) is 12.7. The van der Waals surface area contributed by atoms with Gasteiger partial charge in [0, 0.05) is 34.8 Å². The summed E-state index contributed by atoms with van der Waals surface area (Å²) in [5.74, 6) is 1.57. The number of nitrogens with two attached hydrogens (primary N) is 1. The molecule has 1 aliphatic heterocycles. The van der Waals surface area contributed by atoms with Crippen LogP contribution >= 0.6 is 11.3 Å². The molecule has 2 aromatic rings. The van der Waals surface area contributed by atoms with Gasteiger partial charge in [-0.2, -0.15) is 0 Å². The van der Waals surface area contributed by atoms with E-state index in [1.165, 1.54) is 47.3 Å². The third-order valence-electron chi connectivity index (χ3n) is 5.59. The molecule has 0 bridgehead atoms. The summed E-state index contributed by atoms with van der Waals surface area (Å²) in [4.78, 5) is 4.18. The number of nitrogens with zero attached hydrogens (tertiary/aromatic N) is 1. The van der Waals surface area contributed by atoms with Crippen molar-refractivity contribution in [2.75, 3.05) is 13.1 Å². The van der Waals surface area contributed by atoms with Gasteiger partial charge in [-0.3, -0.25) is 4.90 Å². The van der Waals surface area contributed by atoms with E-state index in [4.69, 9.17) is 5.73 Å². The molecular formula is C18H24N2S. The van der Waals surface area contributed by atoms with Crippen LogP contribution < -0.4 is 5.73 Å². The molecule has 1 saturated heterocycles. The summed E-state index contributed by atoms with van der Waals surface area (Å²) in [5.41, 5.74) is 6.36. The van der Waals surface area contributed by atoms with Crippen LogP contribution in [-0.2, 0) is 0 Å². The van der Waals surface area contributed by atoms with Gasteiger partial charge in [-0.05, 0) is 49.1 Å². The number of hydrogen-bond acceptors (Lipinski definition) is 3.